The Kier molecular flexibility index (Phi) is 3.87. The molecule has 2 bridgehead atoms. The molecule has 0 spiro atoms. The van der Waals surface area contributed by atoms with E-state index in [2.05, 4.69) is 5.32 Å². The predicted octanol–water partition coefficient (Wildman–Crippen LogP) is 2.64. The average Bonchev–Trinajstić information content (AvgIpc) is 2.90. The molecule has 4 atom stereocenters. The van der Waals surface area contributed by atoms with E-state index in [0.29, 0.717) is 11.8 Å². The summed E-state index contributed by atoms with van der Waals surface area (Å²) in [5, 5.41) is 3.14. The lowest BCUT2D eigenvalue weighted by molar-refractivity contribution is -0.123. The number of nitrogens with two attached hydrogens (primary N) is 1. The highest BCUT2D eigenvalue weighted by molar-refractivity contribution is 5.85. The zero-order valence-electron chi connectivity index (χ0n) is 12.1. The van der Waals surface area contributed by atoms with Gasteiger partial charge in [0, 0.05) is 18.2 Å². The van der Waals surface area contributed by atoms with Crippen LogP contribution in [0.1, 0.15) is 24.8 Å². The highest BCUT2D eigenvalue weighted by atomic mass is 35.5. The maximum Gasteiger partial charge on any atom is 0.223 e. The van der Waals surface area contributed by atoms with Crippen molar-refractivity contribution in [2.45, 2.75) is 25.7 Å². The van der Waals surface area contributed by atoms with E-state index >= 15 is 0 Å². The SMILES string of the molecule is Cl.Nc1ccc(CCNC(=O)C2C3C4CCC(C4)C23)cc1. The van der Waals surface area contributed by atoms with Crippen molar-refractivity contribution >= 4 is 24.0 Å². The lowest BCUT2D eigenvalue weighted by atomic mass is 10.0. The third kappa shape index (κ3) is 2.52. The third-order valence-corrected chi connectivity index (χ3v) is 5.73. The summed E-state index contributed by atoms with van der Waals surface area (Å²) in [6.45, 7) is 0.744. The van der Waals surface area contributed by atoms with E-state index in [1.807, 2.05) is 24.3 Å². The van der Waals surface area contributed by atoms with Gasteiger partial charge in [-0.25, -0.2) is 0 Å². The zero-order chi connectivity index (χ0) is 13.7. The molecular formula is C17H23ClN2O. The Hall–Kier alpha value is -1.22. The lowest BCUT2D eigenvalue weighted by Gasteiger charge is -2.09. The molecule has 0 radical (unpaired) electrons. The fraction of sp³-hybridized carbons (Fsp3) is 0.588. The van der Waals surface area contributed by atoms with Crippen LogP contribution in [-0.4, -0.2) is 12.5 Å². The van der Waals surface area contributed by atoms with Crippen LogP contribution in [0.2, 0.25) is 0 Å². The molecule has 4 heteroatoms. The first-order valence-electron chi connectivity index (χ1n) is 7.86. The lowest BCUT2D eigenvalue weighted by Crippen LogP contribution is -2.29. The van der Waals surface area contributed by atoms with Gasteiger partial charge in [-0.05, 0) is 67.1 Å². The van der Waals surface area contributed by atoms with Gasteiger partial charge in [-0.15, -0.1) is 12.4 Å². The number of anilines is 1. The molecular weight excluding hydrogens is 284 g/mol. The number of carbonyl (C=O) groups is 1. The van der Waals surface area contributed by atoms with Crippen LogP contribution in [0, 0.1) is 29.6 Å². The van der Waals surface area contributed by atoms with Gasteiger partial charge < -0.3 is 11.1 Å². The fourth-order valence-corrected chi connectivity index (χ4v) is 4.81. The Morgan fingerprint density at radius 1 is 1.14 bits per heavy atom. The average molecular weight is 307 g/mol. The molecule has 0 aliphatic heterocycles. The minimum absolute atomic E-state index is 0. The number of amides is 1. The van der Waals surface area contributed by atoms with Gasteiger partial charge in [0.2, 0.25) is 5.91 Å². The van der Waals surface area contributed by atoms with Crippen LogP contribution >= 0.6 is 12.4 Å². The Balaban J connectivity index is 0.00000132. The van der Waals surface area contributed by atoms with Gasteiger partial charge >= 0.3 is 0 Å². The normalized spacial score (nSPS) is 35.0. The van der Waals surface area contributed by atoms with Gasteiger partial charge in [-0.2, -0.15) is 0 Å². The molecule has 3 saturated carbocycles. The number of fused-ring (bicyclic) bond motifs is 5. The van der Waals surface area contributed by atoms with E-state index in [-0.39, 0.29) is 12.4 Å². The molecule has 21 heavy (non-hydrogen) atoms. The van der Waals surface area contributed by atoms with Crippen molar-refractivity contribution in [1.29, 1.82) is 0 Å². The van der Waals surface area contributed by atoms with Gasteiger partial charge in [0.1, 0.15) is 0 Å². The van der Waals surface area contributed by atoms with Crippen LogP contribution in [0.3, 0.4) is 0 Å². The minimum atomic E-state index is 0. The molecule has 4 unspecified atom stereocenters. The topological polar surface area (TPSA) is 55.1 Å². The molecule has 4 rings (SSSR count). The second-order valence-corrected chi connectivity index (χ2v) is 6.80. The number of nitrogens with one attached hydrogen (secondary N) is 1. The van der Waals surface area contributed by atoms with Crippen molar-refractivity contribution in [3.8, 4) is 0 Å². The van der Waals surface area contributed by atoms with Gasteiger partial charge in [-0.1, -0.05) is 12.1 Å². The Labute approximate surface area is 132 Å². The van der Waals surface area contributed by atoms with Crippen LogP contribution in [0.4, 0.5) is 5.69 Å². The maximum atomic E-state index is 12.3. The van der Waals surface area contributed by atoms with Crippen molar-refractivity contribution in [3.05, 3.63) is 29.8 Å². The number of rotatable bonds is 4. The molecule has 3 N–H and O–H groups in total. The van der Waals surface area contributed by atoms with Gasteiger partial charge in [0.25, 0.3) is 0 Å². The number of benzene rings is 1. The van der Waals surface area contributed by atoms with E-state index in [1.165, 1.54) is 24.8 Å². The smallest absolute Gasteiger partial charge is 0.223 e. The van der Waals surface area contributed by atoms with Crippen molar-refractivity contribution in [1.82, 2.24) is 5.32 Å². The maximum absolute atomic E-state index is 12.3. The predicted molar refractivity (Wildman–Crippen MR) is 86.1 cm³/mol. The number of nitrogen functional groups attached to an aromatic ring is 1. The molecule has 3 nitrogen and oxygen atoms in total. The number of hydrogen-bond donors (Lipinski definition) is 2. The summed E-state index contributed by atoms with van der Waals surface area (Å²) in [4.78, 5) is 12.3. The summed E-state index contributed by atoms with van der Waals surface area (Å²) in [5.41, 5.74) is 7.69. The van der Waals surface area contributed by atoms with Crippen LogP contribution in [0.15, 0.2) is 24.3 Å². The van der Waals surface area contributed by atoms with Crippen LogP contribution < -0.4 is 11.1 Å². The van der Waals surface area contributed by atoms with Crippen molar-refractivity contribution in [2.24, 2.45) is 29.6 Å². The standard InChI is InChI=1S/C17H22N2O.ClH/c18-13-5-1-10(2-6-13)7-8-19-17(20)16-14-11-3-4-12(9-11)15(14)16;/h1-2,5-6,11-12,14-16H,3-4,7-9,18H2,(H,19,20);1H. The van der Waals surface area contributed by atoms with Crippen molar-refractivity contribution in [3.63, 3.8) is 0 Å². The summed E-state index contributed by atoms with van der Waals surface area (Å²) in [5.74, 6) is 3.89. The summed E-state index contributed by atoms with van der Waals surface area (Å²) in [7, 11) is 0. The number of carbonyl (C=O) groups excluding carboxylic acids is 1. The number of halogens is 1. The molecule has 1 amide bonds. The van der Waals surface area contributed by atoms with E-state index in [0.717, 1.165) is 42.3 Å². The minimum Gasteiger partial charge on any atom is -0.399 e. The molecule has 0 saturated heterocycles. The highest BCUT2D eigenvalue weighted by Gasteiger charge is 2.67. The molecule has 0 heterocycles. The fourth-order valence-electron chi connectivity index (χ4n) is 4.81. The molecule has 1 aromatic carbocycles. The monoisotopic (exact) mass is 306 g/mol. The highest BCUT2D eigenvalue weighted by Crippen LogP contribution is 2.69. The third-order valence-electron chi connectivity index (χ3n) is 5.73. The molecule has 1 aromatic rings. The van der Waals surface area contributed by atoms with Crippen LogP contribution in [-0.2, 0) is 11.2 Å². The Morgan fingerprint density at radius 3 is 2.38 bits per heavy atom. The van der Waals surface area contributed by atoms with Gasteiger partial charge in [-0.3, -0.25) is 4.79 Å². The van der Waals surface area contributed by atoms with Crippen LogP contribution in [0.25, 0.3) is 0 Å². The summed E-state index contributed by atoms with van der Waals surface area (Å²) < 4.78 is 0. The Morgan fingerprint density at radius 2 is 1.76 bits per heavy atom. The molecule has 3 fully saturated rings. The molecule has 114 valence electrons. The van der Waals surface area contributed by atoms with Crippen molar-refractivity contribution in [2.75, 3.05) is 12.3 Å². The van der Waals surface area contributed by atoms with E-state index in [9.17, 15) is 4.79 Å². The Bertz CT molecular complexity index is 514. The quantitative estimate of drug-likeness (QED) is 0.840. The van der Waals surface area contributed by atoms with Gasteiger partial charge in [0.05, 0.1) is 0 Å². The summed E-state index contributed by atoms with van der Waals surface area (Å²) >= 11 is 0. The molecule has 3 aliphatic carbocycles. The summed E-state index contributed by atoms with van der Waals surface area (Å²) in [6, 6.07) is 7.90. The van der Waals surface area contributed by atoms with Crippen molar-refractivity contribution < 1.29 is 4.79 Å². The van der Waals surface area contributed by atoms with E-state index in [1.54, 1.807) is 0 Å². The van der Waals surface area contributed by atoms with E-state index < -0.39 is 0 Å². The zero-order valence-corrected chi connectivity index (χ0v) is 12.9. The summed E-state index contributed by atoms with van der Waals surface area (Å²) in [6.07, 6.45) is 5.05. The first kappa shape index (κ1) is 14.7. The first-order valence-corrected chi connectivity index (χ1v) is 7.86. The van der Waals surface area contributed by atoms with Gasteiger partial charge in [0.15, 0.2) is 0 Å². The second kappa shape index (κ2) is 5.53. The van der Waals surface area contributed by atoms with E-state index in [4.69, 9.17) is 5.73 Å². The molecule has 0 aromatic heterocycles. The first-order chi connectivity index (χ1) is 9.74. The number of hydrogen-bond acceptors (Lipinski definition) is 2. The second-order valence-electron chi connectivity index (χ2n) is 6.80. The largest absolute Gasteiger partial charge is 0.399 e. The molecule has 3 aliphatic rings. The van der Waals surface area contributed by atoms with Crippen LogP contribution in [0.5, 0.6) is 0 Å².